The monoisotopic (exact) mass is 292 g/mol. The van der Waals surface area contributed by atoms with E-state index in [1.165, 1.54) is 12.3 Å². The van der Waals surface area contributed by atoms with Crippen LogP contribution in [0.1, 0.15) is 47.7 Å². The molecule has 1 saturated carbocycles. The van der Waals surface area contributed by atoms with Crippen molar-refractivity contribution >= 4 is 5.97 Å². The van der Waals surface area contributed by atoms with Crippen molar-refractivity contribution in [3.63, 3.8) is 0 Å². The van der Waals surface area contributed by atoms with Crippen molar-refractivity contribution in [3.8, 4) is 11.1 Å². The van der Waals surface area contributed by atoms with E-state index < -0.39 is 17.6 Å². The topological polar surface area (TPSA) is 50.4 Å². The Morgan fingerprint density at radius 2 is 1.90 bits per heavy atom. The molecule has 0 radical (unpaired) electrons. The fourth-order valence-corrected chi connectivity index (χ4v) is 2.99. The van der Waals surface area contributed by atoms with E-state index in [1.807, 2.05) is 0 Å². The number of carboxylic acids is 1. The second kappa shape index (κ2) is 5.31. The van der Waals surface area contributed by atoms with E-state index in [1.54, 1.807) is 0 Å². The third kappa shape index (κ3) is 2.44. The minimum absolute atomic E-state index is 0.00703. The molecule has 3 nitrogen and oxygen atoms in total. The molecule has 1 aromatic heterocycles. The molecule has 1 fully saturated rings. The fraction of sp³-hybridized carbons (Fsp3) is 0.312. The molecule has 1 aliphatic rings. The molecule has 3 rings (SSSR count). The highest BCUT2D eigenvalue weighted by Gasteiger charge is 2.30. The van der Waals surface area contributed by atoms with Crippen LogP contribution in [-0.2, 0) is 0 Å². The van der Waals surface area contributed by atoms with Crippen LogP contribution >= 0.6 is 0 Å². The molecule has 110 valence electrons. The largest absolute Gasteiger partial charge is 0.478 e. The first-order chi connectivity index (χ1) is 10.1. The van der Waals surface area contributed by atoms with Gasteiger partial charge in [-0.15, -0.1) is 0 Å². The summed E-state index contributed by atoms with van der Waals surface area (Å²) in [5.41, 5.74) is 0.205. The summed E-state index contributed by atoms with van der Waals surface area (Å²) in [6.45, 7) is 0. The van der Waals surface area contributed by atoms with Crippen molar-refractivity contribution in [2.24, 2.45) is 0 Å². The van der Waals surface area contributed by atoms with Gasteiger partial charge in [0.2, 0.25) is 0 Å². The van der Waals surface area contributed by atoms with Crippen molar-refractivity contribution in [3.05, 3.63) is 47.4 Å². The van der Waals surface area contributed by atoms with Crippen LogP contribution in [0.2, 0.25) is 0 Å². The molecule has 0 aliphatic heterocycles. The molecule has 21 heavy (non-hydrogen) atoms. The first kappa shape index (κ1) is 13.8. The van der Waals surface area contributed by atoms with E-state index >= 15 is 0 Å². The van der Waals surface area contributed by atoms with Gasteiger partial charge in [-0.25, -0.2) is 13.6 Å². The number of hydrogen-bond acceptors (Lipinski definition) is 2. The van der Waals surface area contributed by atoms with Crippen molar-refractivity contribution in [2.45, 2.75) is 31.6 Å². The van der Waals surface area contributed by atoms with Gasteiger partial charge in [-0.05, 0) is 25.0 Å². The van der Waals surface area contributed by atoms with Crippen LogP contribution in [0.25, 0.3) is 11.1 Å². The zero-order valence-electron chi connectivity index (χ0n) is 11.2. The number of hydrogen-bond donors (Lipinski definition) is 1. The van der Waals surface area contributed by atoms with Crippen molar-refractivity contribution in [1.82, 2.24) is 0 Å². The average Bonchev–Trinajstić information content (AvgIpc) is 3.07. The summed E-state index contributed by atoms with van der Waals surface area (Å²) in [7, 11) is 0. The maximum atomic E-state index is 13.9. The lowest BCUT2D eigenvalue weighted by molar-refractivity contribution is 0.0694. The van der Waals surface area contributed by atoms with Crippen LogP contribution in [0.4, 0.5) is 8.78 Å². The summed E-state index contributed by atoms with van der Waals surface area (Å²) in [6.07, 6.45) is 5.07. The Morgan fingerprint density at radius 1 is 1.19 bits per heavy atom. The van der Waals surface area contributed by atoms with E-state index in [0.29, 0.717) is 5.76 Å². The molecule has 0 unspecified atom stereocenters. The Labute approximate surface area is 120 Å². The first-order valence-corrected chi connectivity index (χ1v) is 6.88. The Balaban J connectivity index is 2.12. The standard InChI is InChI=1S/C16H14F2O3/c17-10-5-6-11(13(18)7-10)12-8-21-15(14(12)16(19)20)9-3-1-2-4-9/h5-9H,1-4H2,(H,19,20). The van der Waals surface area contributed by atoms with Gasteiger partial charge in [0, 0.05) is 23.1 Å². The Morgan fingerprint density at radius 3 is 2.52 bits per heavy atom. The molecular formula is C16H14F2O3. The Kier molecular flexibility index (Phi) is 3.49. The molecule has 1 heterocycles. The summed E-state index contributed by atoms with van der Waals surface area (Å²) < 4.78 is 32.3. The highest BCUT2D eigenvalue weighted by molar-refractivity contribution is 5.97. The maximum Gasteiger partial charge on any atom is 0.339 e. The number of rotatable bonds is 3. The molecule has 1 aliphatic carbocycles. The predicted molar refractivity (Wildman–Crippen MR) is 72.2 cm³/mol. The molecule has 5 heteroatoms. The predicted octanol–water partition coefficient (Wildman–Crippen LogP) is 4.58. The van der Waals surface area contributed by atoms with Gasteiger partial charge in [-0.3, -0.25) is 0 Å². The van der Waals surface area contributed by atoms with Gasteiger partial charge in [0.05, 0.1) is 6.26 Å². The van der Waals surface area contributed by atoms with Crippen LogP contribution in [0.3, 0.4) is 0 Å². The van der Waals surface area contributed by atoms with Gasteiger partial charge in [-0.1, -0.05) is 12.8 Å². The zero-order chi connectivity index (χ0) is 15.0. The zero-order valence-corrected chi connectivity index (χ0v) is 11.2. The maximum absolute atomic E-state index is 13.9. The van der Waals surface area contributed by atoms with E-state index in [0.717, 1.165) is 37.8 Å². The highest BCUT2D eigenvalue weighted by Crippen LogP contribution is 2.40. The summed E-state index contributed by atoms with van der Waals surface area (Å²) in [4.78, 5) is 11.6. The molecule has 0 amide bonds. The van der Waals surface area contributed by atoms with Crippen molar-refractivity contribution < 1.29 is 23.1 Å². The van der Waals surface area contributed by atoms with Crippen LogP contribution < -0.4 is 0 Å². The van der Waals surface area contributed by atoms with Crippen LogP contribution in [0.5, 0.6) is 0 Å². The summed E-state index contributed by atoms with van der Waals surface area (Å²) in [5, 5.41) is 9.45. The summed E-state index contributed by atoms with van der Waals surface area (Å²) in [5.74, 6) is -2.18. The SMILES string of the molecule is O=C(O)c1c(-c2ccc(F)cc2F)coc1C1CCCC1. The van der Waals surface area contributed by atoms with E-state index in [9.17, 15) is 18.7 Å². The molecule has 1 N–H and O–H groups in total. The van der Waals surface area contributed by atoms with Gasteiger partial charge in [0.25, 0.3) is 0 Å². The van der Waals surface area contributed by atoms with E-state index in [2.05, 4.69) is 0 Å². The van der Waals surface area contributed by atoms with Gasteiger partial charge < -0.3 is 9.52 Å². The lowest BCUT2D eigenvalue weighted by Crippen LogP contribution is -2.04. The second-order valence-corrected chi connectivity index (χ2v) is 5.30. The van der Waals surface area contributed by atoms with Gasteiger partial charge in [-0.2, -0.15) is 0 Å². The number of carbonyl (C=O) groups is 1. The third-order valence-corrected chi connectivity index (χ3v) is 3.98. The van der Waals surface area contributed by atoms with E-state index in [-0.39, 0.29) is 22.6 Å². The Bertz CT molecular complexity index is 685. The molecule has 0 bridgehead atoms. The number of benzene rings is 1. The lowest BCUT2D eigenvalue weighted by atomic mass is 9.96. The van der Waals surface area contributed by atoms with Gasteiger partial charge in [0.1, 0.15) is 23.0 Å². The van der Waals surface area contributed by atoms with Crippen molar-refractivity contribution in [1.29, 1.82) is 0 Å². The minimum atomic E-state index is -1.15. The van der Waals surface area contributed by atoms with Gasteiger partial charge >= 0.3 is 5.97 Å². The summed E-state index contributed by atoms with van der Waals surface area (Å²) >= 11 is 0. The van der Waals surface area contributed by atoms with E-state index in [4.69, 9.17) is 4.42 Å². The van der Waals surface area contributed by atoms with Gasteiger partial charge in [0.15, 0.2) is 0 Å². The average molecular weight is 292 g/mol. The third-order valence-electron chi connectivity index (χ3n) is 3.98. The highest BCUT2D eigenvalue weighted by atomic mass is 19.1. The van der Waals surface area contributed by atoms with Crippen LogP contribution in [-0.4, -0.2) is 11.1 Å². The molecule has 0 saturated heterocycles. The molecule has 1 aromatic carbocycles. The van der Waals surface area contributed by atoms with Crippen LogP contribution in [0.15, 0.2) is 28.9 Å². The summed E-state index contributed by atoms with van der Waals surface area (Å²) in [6, 6.07) is 3.08. The number of halogens is 2. The second-order valence-electron chi connectivity index (χ2n) is 5.30. The Hall–Kier alpha value is -2.17. The fourth-order valence-electron chi connectivity index (χ4n) is 2.99. The molecular weight excluding hydrogens is 278 g/mol. The quantitative estimate of drug-likeness (QED) is 0.900. The number of carboxylic acid groups (broad SMARTS) is 1. The minimum Gasteiger partial charge on any atom is -0.478 e. The molecule has 0 atom stereocenters. The molecule has 2 aromatic rings. The number of aromatic carboxylic acids is 1. The first-order valence-electron chi connectivity index (χ1n) is 6.88. The normalized spacial score (nSPS) is 15.5. The number of furan rings is 1. The smallest absolute Gasteiger partial charge is 0.339 e. The van der Waals surface area contributed by atoms with Crippen molar-refractivity contribution in [2.75, 3.05) is 0 Å². The molecule has 0 spiro atoms. The lowest BCUT2D eigenvalue weighted by Gasteiger charge is -2.07. The van der Waals surface area contributed by atoms with Crippen LogP contribution in [0, 0.1) is 11.6 Å².